The molecule has 0 spiro atoms. The van der Waals surface area contributed by atoms with Crippen LogP contribution in [0.25, 0.3) is 11.6 Å². The number of hydrazone groups is 1. The minimum atomic E-state index is -0.0560. The van der Waals surface area contributed by atoms with Crippen LogP contribution in [-0.4, -0.2) is 50.4 Å². The Bertz CT molecular complexity index is 1090. The first-order valence-electron chi connectivity index (χ1n) is 10.5. The van der Waals surface area contributed by atoms with Crippen molar-refractivity contribution in [2.75, 3.05) is 18.0 Å². The van der Waals surface area contributed by atoms with Crippen molar-refractivity contribution in [2.24, 2.45) is 11.0 Å². The van der Waals surface area contributed by atoms with Crippen LogP contribution < -0.4 is 4.90 Å². The lowest BCUT2D eigenvalue weighted by Crippen LogP contribution is -2.41. The molecule has 5 rings (SSSR count). The third-order valence-corrected chi connectivity index (χ3v) is 5.76. The Kier molecular flexibility index (Phi) is 5.15. The van der Waals surface area contributed by atoms with E-state index in [1.54, 1.807) is 24.2 Å². The third kappa shape index (κ3) is 3.90. The van der Waals surface area contributed by atoms with Crippen molar-refractivity contribution in [3.8, 4) is 11.6 Å². The lowest BCUT2D eigenvalue weighted by Gasteiger charge is -2.33. The average molecular weight is 417 g/mol. The van der Waals surface area contributed by atoms with E-state index >= 15 is 0 Å². The summed E-state index contributed by atoms with van der Waals surface area (Å²) < 4.78 is 5.47. The quantitative estimate of drug-likeness (QED) is 0.643. The summed E-state index contributed by atoms with van der Waals surface area (Å²) in [5.41, 5.74) is 1.72. The van der Waals surface area contributed by atoms with Gasteiger partial charge in [0.1, 0.15) is 5.69 Å². The molecule has 0 saturated carbocycles. The molecule has 0 N–H and O–H groups in total. The summed E-state index contributed by atoms with van der Waals surface area (Å²) in [6, 6.07) is 11.8. The monoisotopic (exact) mass is 417 g/mol. The predicted octanol–water partition coefficient (Wildman–Crippen LogP) is 3.01. The lowest BCUT2D eigenvalue weighted by atomic mass is 9.94. The summed E-state index contributed by atoms with van der Waals surface area (Å²) in [6.07, 6.45) is 5.75. The van der Waals surface area contributed by atoms with Gasteiger partial charge in [0.2, 0.25) is 17.7 Å². The second kappa shape index (κ2) is 8.25. The van der Waals surface area contributed by atoms with E-state index in [1.165, 1.54) is 0 Å². The zero-order valence-corrected chi connectivity index (χ0v) is 17.3. The van der Waals surface area contributed by atoms with Crippen molar-refractivity contribution in [3.05, 3.63) is 54.0 Å². The van der Waals surface area contributed by atoms with Gasteiger partial charge in [0, 0.05) is 44.8 Å². The molecule has 0 aliphatic carbocycles. The van der Waals surface area contributed by atoms with Crippen molar-refractivity contribution >= 4 is 18.1 Å². The smallest absolute Gasteiger partial charge is 0.266 e. The topological polar surface area (TPSA) is 101 Å². The average Bonchev–Trinajstić information content (AvgIpc) is 3.49. The molecule has 1 amide bonds. The Morgan fingerprint density at radius 2 is 1.90 bits per heavy atom. The maximum Gasteiger partial charge on any atom is 0.266 e. The molecule has 9 nitrogen and oxygen atoms in total. The Morgan fingerprint density at radius 1 is 1.10 bits per heavy atom. The number of carbonyl (C=O) groups excluding carboxylic acids is 1. The maximum absolute atomic E-state index is 13.2. The van der Waals surface area contributed by atoms with Crippen molar-refractivity contribution in [1.82, 2.24) is 25.2 Å². The van der Waals surface area contributed by atoms with Gasteiger partial charge in [-0.25, -0.2) is 15.0 Å². The van der Waals surface area contributed by atoms with E-state index in [0.717, 1.165) is 24.8 Å². The Balaban J connectivity index is 1.24. The number of hydrogen-bond acceptors (Lipinski definition) is 8. The standard InChI is InChI=1S/C22H23N7O2/c1-15-26-27-20(31-15)18-7-11-23-22(25-18)28-13-9-17(10-14-28)21(30)29-19(8-12-24-29)16-5-3-2-4-6-16/h2-7,11-12,17,19H,8-10,13-14H2,1H3/t19-/m0/s1. The number of hydrogen-bond donors (Lipinski definition) is 0. The minimum Gasteiger partial charge on any atom is -0.420 e. The second-order valence-corrected chi connectivity index (χ2v) is 7.77. The summed E-state index contributed by atoms with van der Waals surface area (Å²) >= 11 is 0. The molecule has 9 heteroatoms. The second-order valence-electron chi connectivity index (χ2n) is 7.77. The van der Waals surface area contributed by atoms with Gasteiger partial charge in [0.25, 0.3) is 5.89 Å². The van der Waals surface area contributed by atoms with Gasteiger partial charge >= 0.3 is 0 Å². The van der Waals surface area contributed by atoms with Crippen LogP contribution in [0.5, 0.6) is 0 Å². The number of carbonyl (C=O) groups is 1. The summed E-state index contributed by atoms with van der Waals surface area (Å²) in [4.78, 5) is 24.3. The Labute approximate surface area is 179 Å². The van der Waals surface area contributed by atoms with Crippen LogP contribution >= 0.6 is 0 Å². The van der Waals surface area contributed by atoms with Crippen LogP contribution in [0.2, 0.25) is 0 Å². The third-order valence-electron chi connectivity index (χ3n) is 5.76. The van der Waals surface area contributed by atoms with Gasteiger partial charge in [-0.15, -0.1) is 10.2 Å². The first-order chi connectivity index (χ1) is 15.2. The normalized spacial score (nSPS) is 19.2. The van der Waals surface area contributed by atoms with Gasteiger partial charge in [0.15, 0.2) is 0 Å². The molecule has 1 aromatic carbocycles. The lowest BCUT2D eigenvalue weighted by molar-refractivity contribution is -0.138. The fraction of sp³-hybridized carbons (Fsp3) is 0.364. The first kappa shape index (κ1) is 19.3. The molecule has 2 aromatic heterocycles. The van der Waals surface area contributed by atoms with E-state index in [1.807, 2.05) is 24.4 Å². The van der Waals surface area contributed by atoms with E-state index in [2.05, 4.69) is 42.3 Å². The minimum absolute atomic E-state index is 0.00962. The largest absolute Gasteiger partial charge is 0.420 e. The van der Waals surface area contributed by atoms with Gasteiger partial charge in [-0.05, 0) is 24.5 Å². The zero-order valence-electron chi connectivity index (χ0n) is 17.3. The van der Waals surface area contributed by atoms with Gasteiger partial charge in [0.05, 0.1) is 6.04 Å². The van der Waals surface area contributed by atoms with Crippen molar-refractivity contribution < 1.29 is 9.21 Å². The Hall–Kier alpha value is -3.62. The highest BCUT2D eigenvalue weighted by atomic mass is 16.4. The summed E-state index contributed by atoms with van der Waals surface area (Å²) in [6.45, 7) is 3.15. The molecule has 1 fully saturated rings. The van der Waals surface area contributed by atoms with Crippen molar-refractivity contribution in [3.63, 3.8) is 0 Å². The molecule has 31 heavy (non-hydrogen) atoms. The van der Waals surface area contributed by atoms with Crippen LogP contribution in [0, 0.1) is 12.8 Å². The fourth-order valence-electron chi connectivity index (χ4n) is 4.11. The van der Waals surface area contributed by atoms with Crippen molar-refractivity contribution in [1.29, 1.82) is 0 Å². The molecule has 0 unspecified atom stereocenters. The molecular weight excluding hydrogens is 394 g/mol. The molecule has 1 saturated heterocycles. The SMILES string of the molecule is Cc1nnc(-c2ccnc(N3CCC(C(=O)N4N=CC[C@H]4c4ccccc4)CC3)n2)o1. The van der Waals surface area contributed by atoms with Crippen molar-refractivity contribution in [2.45, 2.75) is 32.2 Å². The van der Waals surface area contributed by atoms with Gasteiger partial charge in [-0.2, -0.15) is 5.10 Å². The number of benzene rings is 1. The first-order valence-corrected chi connectivity index (χ1v) is 10.5. The number of aryl methyl sites for hydroxylation is 1. The highest BCUT2D eigenvalue weighted by Crippen LogP contribution is 2.32. The van der Waals surface area contributed by atoms with Crippen LogP contribution in [0.15, 0.2) is 52.1 Å². The molecule has 0 radical (unpaired) electrons. The summed E-state index contributed by atoms with van der Waals surface area (Å²) in [5, 5.41) is 13.9. The number of aromatic nitrogens is 4. The summed E-state index contributed by atoms with van der Waals surface area (Å²) in [5.74, 6) is 1.52. The van der Waals surface area contributed by atoms with Crippen LogP contribution in [0.4, 0.5) is 5.95 Å². The number of nitrogens with zero attached hydrogens (tertiary/aromatic N) is 7. The fourth-order valence-corrected chi connectivity index (χ4v) is 4.11. The molecule has 158 valence electrons. The Morgan fingerprint density at radius 3 is 2.65 bits per heavy atom. The van der Waals surface area contributed by atoms with E-state index in [-0.39, 0.29) is 17.9 Å². The van der Waals surface area contributed by atoms with Gasteiger partial charge < -0.3 is 9.32 Å². The van der Waals surface area contributed by atoms with Crippen LogP contribution in [0.3, 0.4) is 0 Å². The van der Waals surface area contributed by atoms with Gasteiger partial charge in [-0.1, -0.05) is 30.3 Å². The number of piperidine rings is 1. The predicted molar refractivity (Wildman–Crippen MR) is 114 cm³/mol. The van der Waals surface area contributed by atoms with E-state index in [4.69, 9.17) is 4.42 Å². The van der Waals surface area contributed by atoms with Gasteiger partial charge in [-0.3, -0.25) is 4.79 Å². The number of rotatable bonds is 4. The molecule has 1 atom stereocenters. The van der Waals surface area contributed by atoms with E-state index in [0.29, 0.717) is 36.5 Å². The number of anilines is 1. The number of amides is 1. The molecule has 4 heterocycles. The zero-order chi connectivity index (χ0) is 21.2. The van der Waals surface area contributed by atoms with E-state index in [9.17, 15) is 4.79 Å². The molecular formula is C22H23N7O2. The van der Waals surface area contributed by atoms with E-state index < -0.39 is 0 Å². The molecule has 2 aliphatic heterocycles. The molecule has 0 bridgehead atoms. The highest BCUT2D eigenvalue weighted by Gasteiger charge is 2.35. The highest BCUT2D eigenvalue weighted by molar-refractivity contribution is 5.82. The maximum atomic E-state index is 13.2. The summed E-state index contributed by atoms with van der Waals surface area (Å²) in [7, 11) is 0. The van der Waals surface area contributed by atoms with Crippen LogP contribution in [-0.2, 0) is 4.79 Å². The molecule has 3 aromatic rings. The molecule has 2 aliphatic rings. The van der Waals surface area contributed by atoms with Crippen LogP contribution in [0.1, 0.15) is 36.8 Å².